The van der Waals surface area contributed by atoms with Crippen molar-refractivity contribution in [1.82, 2.24) is 10.2 Å². The Bertz CT molecular complexity index is 630. The molecular formula is C18H24N2O2. The Morgan fingerprint density at radius 2 is 2.09 bits per heavy atom. The number of nitrogens with zero attached hydrogens (tertiary/aromatic N) is 1. The fourth-order valence-corrected chi connectivity index (χ4v) is 5.10. The number of nitrogens with one attached hydrogen (secondary N) is 1. The maximum Gasteiger partial charge on any atom is 0.255 e. The normalized spacial score (nSPS) is 36.5. The third kappa shape index (κ3) is 1.83. The van der Waals surface area contributed by atoms with E-state index in [1.807, 2.05) is 13.0 Å². The van der Waals surface area contributed by atoms with E-state index < -0.39 is 0 Å². The molecule has 0 bridgehead atoms. The van der Waals surface area contributed by atoms with Gasteiger partial charge in [0.1, 0.15) is 5.75 Å². The highest BCUT2D eigenvalue weighted by Crippen LogP contribution is 2.62. The third-order valence-electron chi connectivity index (χ3n) is 6.39. The van der Waals surface area contributed by atoms with Gasteiger partial charge in [0, 0.05) is 23.5 Å². The lowest BCUT2D eigenvalue weighted by Gasteiger charge is -2.72. The summed E-state index contributed by atoms with van der Waals surface area (Å²) in [5.41, 5.74) is 1.95. The average Bonchev–Trinajstić information content (AvgIpc) is 2.48. The Hall–Kier alpha value is -1.55. The molecule has 1 aromatic carbocycles. The van der Waals surface area contributed by atoms with Gasteiger partial charge in [-0.3, -0.25) is 9.69 Å². The second kappa shape index (κ2) is 4.72. The van der Waals surface area contributed by atoms with E-state index in [4.69, 9.17) is 0 Å². The highest BCUT2D eigenvalue weighted by atomic mass is 16.3. The molecule has 2 aliphatic carbocycles. The Morgan fingerprint density at radius 3 is 2.82 bits per heavy atom. The van der Waals surface area contributed by atoms with Crippen LogP contribution >= 0.6 is 0 Å². The van der Waals surface area contributed by atoms with E-state index >= 15 is 0 Å². The lowest BCUT2D eigenvalue weighted by Crippen LogP contribution is -2.77. The van der Waals surface area contributed by atoms with E-state index in [0.29, 0.717) is 17.0 Å². The highest BCUT2D eigenvalue weighted by molar-refractivity contribution is 5.97. The molecule has 0 radical (unpaired) electrons. The van der Waals surface area contributed by atoms with Crippen LogP contribution in [0, 0.1) is 12.3 Å². The molecule has 22 heavy (non-hydrogen) atoms. The topological polar surface area (TPSA) is 52.6 Å². The van der Waals surface area contributed by atoms with Crippen LogP contribution < -0.4 is 5.32 Å². The van der Waals surface area contributed by atoms with Crippen LogP contribution in [0.1, 0.15) is 48.0 Å². The largest absolute Gasteiger partial charge is 0.507 e. The monoisotopic (exact) mass is 300 g/mol. The van der Waals surface area contributed by atoms with E-state index in [2.05, 4.69) is 17.3 Å². The molecule has 1 amide bonds. The van der Waals surface area contributed by atoms with Gasteiger partial charge < -0.3 is 10.4 Å². The number of carbonyl (C=O) groups is 1. The number of phenolic OH excluding ortho intramolecular Hbond substituents is 1. The van der Waals surface area contributed by atoms with Crippen molar-refractivity contribution in [2.24, 2.45) is 5.41 Å². The summed E-state index contributed by atoms with van der Waals surface area (Å²) in [5, 5.41) is 13.0. The number of likely N-dealkylation sites (tertiary alicyclic amines) is 1. The summed E-state index contributed by atoms with van der Waals surface area (Å²) in [6.45, 7) is 1.93. The number of hydrogen-bond acceptors (Lipinski definition) is 3. The molecule has 1 aromatic rings. The summed E-state index contributed by atoms with van der Waals surface area (Å²) in [6, 6.07) is 6.83. The number of carbonyl (C=O) groups excluding carboxylic acids is 1. The second-order valence-electron chi connectivity index (χ2n) is 7.43. The van der Waals surface area contributed by atoms with Gasteiger partial charge in [0.25, 0.3) is 5.91 Å². The number of hydrogen-bond donors (Lipinski definition) is 2. The molecule has 1 aliphatic heterocycles. The average molecular weight is 300 g/mol. The Labute approximate surface area is 131 Å². The quantitative estimate of drug-likeness (QED) is 0.882. The van der Waals surface area contributed by atoms with Gasteiger partial charge in [-0.1, -0.05) is 11.6 Å². The van der Waals surface area contributed by atoms with Crippen LogP contribution in [0.2, 0.25) is 0 Å². The molecular weight excluding hydrogens is 276 g/mol. The van der Waals surface area contributed by atoms with Gasteiger partial charge in [-0.2, -0.15) is 0 Å². The van der Waals surface area contributed by atoms with Gasteiger partial charge in [-0.15, -0.1) is 0 Å². The Kier molecular flexibility index (Phi) is 3.02. The van der Waals surface area contributed by atoms with Crippen LogP contribution in [-0.2, 0) is 0 Å². The van der Waals surface area contributed by atoms with E-state index in [9.17, 15) is 9.90 Å². The zero-order chi connectivity index (χ0) is 15.5. The number of amides is 1. The molecule has 4 rings (SSSR count). The van der Waals surface area contributed by atoms with E-state index in [1.54, 1.807) is 12.1 Å². The molecule has 3 aliphatic rings. The zero-order valence-corrected chi connectivity index (χ0v) is 13.3. The molecule has 1 heterocycles. The fourth-order valence-electron chi connectivity index (χ4n) is 5.10. The molecule has 2 N–H and O–H groups in total. The molecule has 4 atom stereocenters. The summed E-state index contributed by atoms with van der Waals surface area (Å²) < 4.78 is 0. The maximum atomic E-state index is 12.4. The molecule has 118 valence electrons. The van der Waals surface area contributed by atoms with Gasteiger partial charge in [-0.25, -0.2) is 0 Å². The molecule has 0 aromatic heterocycles. The van der Waals surface area contributed by atoms with Gasteiger partial charge in [0.2, 0.25) is 0 Å². The highest BCUT2D eigenvalue weighted by Gasteiger charge is 2.65. The maximum absolute atomic E-state index is 12.4. The first kappa shape index (κ1) is 14.1. The molecule has 1 spiro atoms. The molecule has 1 saturated heterocycles. The lowest BCUT2D eigenvalue weighted by atomic mass is 9.47. The van der Waals surface area contributed by atoms with Gasteiger partial charge in [-0.05, 0) is 58.2 Å². The number of rotatable bonds is 2. The van der Waals surface area contributed by atoms with Crippen molar-refractivity contribution in [2.45, 2.75) is 57.2 Å². The SMILES string of the molecule is Cc1ccc(O)c(C(=O)N[C@@H]2CCC34CCC3N(C)C4C2)c1. The first-order valence-electron chi connectivity index (χ1n) is 8.34. The second-order valence-corrected chi connectivity index (χ2v) is 7.43. The number of aryl methyl sites for hydroxylation is 1. The van der Waals surface area contributed by atoms with E-state index in [-0.39, 0.29) is 17.7 Å². The van der Waals surface area contributed by atoms with Crippen molar-refractivity contribution in [3.8, 4) is 5.75 Å². The number of aromatic hydroxyl groups is 1. The van der Waals surface area contributed by atoms with E-state index in [0.717, 1.165) is 24.4 Å². The minimum Gasteiger partial charge on any atom is -0.507 e. The Morgan fingerprint density at radius 1 is 1.32 bits per heavy atom. The lowest BCUT2D eigenvalue weighted by molar-refractivity contribution is -0.214. The minimum absolute atomic E-state index is 0.0650. The van der Waals surface area contributed by atoms with Crippen molar-refractivity contribution in [3.63, 3.8) is 0 Å². The summed E-state index contributed by atoms with van der Waals surface area (Å²) in [4.78, 5) is 15.0. The van der Waals surface area contributed by atoms with Crippen LogP contribution in [0.5, 0.6) is 5.75 Å². The summed E-state index contributed by atoms with van der Waals surface area (Å²) in [7, 11) is 2.23. The summed E-state index contributed by atoms with van der Waals surface area (Å²) in [6.07, 6.45) is 6.06. The van der Waals surface area contributed by atoms with Gasteiger partial charge in [0.05, 0.1) is 5.56 Å². The fraction of sp³-hybridized carbons (Fsp3) is 0.611. The first-order valence-corrected chi connectivity index (χ1v) is 8.34. The van der Waals surface area contributed by atoms with Crippen LogP contribution in [0.15, 0.2) is 18.2 Å². The predicted octanol–water partition coefficient (Wildman–Crippen LogP) is 2.45. The minimum atomic E-state index is -0.144. The first-order chi connectivity index (χ1) is 10.5. The summed E-state index contributed by atoms with van der Waals surface area (Å²) in [5.74, 6) is -0.0792. The van der Waals surface area contributed by atoms with Crippen LogP contribution in [0.4, 0.5) is 0 Å². The van der Waals surface area contributed by atoms with Crippen LogP contribution in [0.25, 0.3) is 0 Å². The van der Waals surface area contributed by atoms with Crippen molar-refractivity contribution in [2.75, 3.05) is 7.05 Å². The number of benzene rings is 1. The van der Waals surface area contributed by atoms with Crippen LogP contribution in [-0.4, -0.2) is 41.1 Å². The predicted molar refractivity (Wildman–Crippen MR) is 85.0 cm³/mol. The van der Waals surface area contributed by atoms with Gasteiger partial charge >= 0.3 is 0 Å². The smallest absolute Gasteiger partial charge is 0.255 e. The number of phenols is 1. The third-order valence-corrected chi connectivity index (χ3v) is 6.39. The van der Waals surface area contributed by atoms with Gasteiger partial charge in [0.15, 0.2) is 0 Å². The van der Waals surface area contributed by atoms with Crippen molar-refractivity contribution < 1.29 is 9.90 Å². The Balaban J connectivity index is 1.44. The molecule has 4 nitrogen and oxygen atoms in total. The summed E-state index contributed by atoms with van der Waals surface area (Å²) >= 11 is 0. The molecule has 2 saturated carbocycles. The molecule has 3 fully saturated rings. The van der Waals surface area contributed by atoms with Crippen molar-refractivity contribution >= 4 is 5.91 Å². The standard InChI is InChI=1S/C18H24N2O2/c1-11-3-4-14(21)13(9-11)17(22)19-12-5-7-18-8-6-15(18)20(2)16(18)10-12/h3-4,9,12,15-16,21H,5-8,10H2,1-2H3,(H,19,22)/t12-,15?,16?,18?/m1/s1. The van der Waals surface area contributed by atoms with Crippen molar-refractivity contribution in [3.05, 3.63) is 29.3 Å². The van der Waals surface area contributed by atoms with Crippen LogP contribution in [0.3, 0.4) is 0 Å². The van der Waals surface area contributed by atoms with E-state index in [1.165, 1.54) is 19.3 Å². The molecule has 4 heteroatoms. The molecule has 3 unspecified atom stereocenters. The number of piperidine rings is 1. The van der Waals surface area contributed by atoms with Crippen molar-refractivity contribution in [1.29, 1.82) is 0 Å². The zero-order valence-electron chi connectivity index (χ0n) is 13.3.